The first-order chi connectivity index (χ1) is 10.8. The number of aromatic nitrogens is 4. The molecule has 0 radical (unpaired) electrons. The van der Waals surface area contributed by atoms with Crippen molar-refractivity contribution >= 4 is 23.1 Å². The molecule has 3 rings (SSSR count). The van der Waals surface area contributed by atoms with E-state index in [1.165, 1.54) is 12.1 Å². The first-order valence-corrected chi connectivity index (χ1v) is 9.16. The summed E-state index contributed by atoms with van der Waals surface area (Å²) in [5, 5.41) is 6.58. The highest BCUT2D eigenvalue weighted by Gasteiger charge is 2.13. The Labute approximate surface area is 136 Å². The van der Waals surface area contributed by atoms with Crippen LogP contribution in [-0.4, -0.2) is 31.8 Å². The molecule has 114 valence electrons. The summed E-state index contributed by atoms with van der Waals surface area (Å²) in [7, 11) is 0. The fourth-order valence-electron chi connectivity index (χ4n) is 2.08. The summed E-state index contributed by atoms with van der Waals surface area (Å²) in [6, 6.07) is 6.30. The zero-order chi connectivity index (χ0) is 15.4. The molecule has 2 aromatic heterocycles. The summed E-state index contributed by atoms with van der Waals surface area (Å²) in [6.07, 6.45) is 3.50. The Bertz CT molecular complexity index is 723. The molecule has 2 heterocycles. The molecule has 0 unspecified atom stereocenters. The number of rotatable bonds is 6. The van der Waals surface area contributed by atoms with Gasteiger partial charge in [-0.1, -0.05) is 0 Å². The molecule has 1 aromatic carbocycles. The van der Waals surface area contributed by atoms with Crippen LogP contribution < -0.4 is 0 Å². The summed E-state index contributed by atoms with van der Waals surface area (Å²) in [4.78, 5) is 8.94. The van der Waals surface area contributed by atoms with Crippen molar-refractivity contribution in [2.45, 2.75) is 12.8 Å². The van der Waals surface area contributed by atoms with Gasteiger partial charge in [0.05, 0.1) is 23.3 Å². The third-order valence-corrected chi connectivity index (χ3v) is 4.39. The molecule has 0 saturated carbocycles. The third kappa shape index (κ3) is 3.53. The van der Waals surface area contributed by atoms with Gasteiger partial charge in [0.15, 0.2) is 5.82 Å². The third-order valence-electron chi connectivity index (χ3n) is 3.14. The van der Waals surface area contributed by atoms with E-state index >= 15 is 0 Å². The van der Waals surface area contributed by atoms with E-state index in [-0.39, 0.29) is 5.82 Å². The van der Waals surface area contributed by atoms with Crippen LogP contribution in [0.1, 0.15) is 17.3 Å². The Morgan fingerprint density at radius 2 is 2.09 bits per heavy atom. The van der Waals surface area contributed by atoms with Crippen LogP contribution >= 0.6 is 23.1 Å². The van der Waals surface area contributed by atoms with Gasteiger partial charge in [0.25, 0.3) is 0 Å². The second-order valence-corrected chi connectivity index (χ2v) is 6.44. The zero-order valence-corrected chi connectivity index (χ0v) is 13.7. The minimum absolute atomic E-state index is 0.257. The van der Waals surface area contributed by atoms with Crippen LogP contribution in [0.25, 0.3) is 5.69 Å². The second kappa shape index (κ2) is 7.02. The molecule has 0 aliphatic heterocycles. The van der Waals surface area contributed by atoms with Crippen LogP contribution in [0, 0.1) is 5.82 Å². The molecule has 0 N–H and O–H groups in total. The van der Waals surface area contributed by atoms with Crippen molar-refractivity contribution < 1.29 is 4.39 Å². The molecule has 0 amide bonds. The number of benzene rings is 1. The van der Waals surface area contributed by atoms with Crippen molar-refractivity contribution in [2.75, 3.05) is 12.0 Å². The Hall–Kier alpha value is -1.73. The fraction of sp³-hybridized carbons (Fsp3) is 0.267. The van der Waals surface area contributed by atoms with Gasteiger partial charge in [0.2, 0.25) is 0 Å². The molecule has 0 aliphatic carbocycles. The van der Waals surface area contributed by atoms with Crippen LogP contribution in [0.4, 0.5) is 4.39 Å². The quantitative estimate of drug-likeness (QED) is 0.693. The molecular formula is C15H15FN4S2. The number of halogens is 1. The smallest absolute Gasteiger partial charge is 0.152 e. The highest BCUT2D eigenvalue weighted by molar-refractivity contribution is 7.98. The zero-order valence-electron chi connectivity index (χ0n) is 12.1. The maximum absolute atomic E-state index is 13.1. The number of aryl methyl sites for hydroxylation is 1. The Morgan fingerprint density at radius 1 is 1.27 bits per heavy atom. The van der Waals surface area contributed by atoms with Crippen LogP contribution in [0.5, 0.6) is 0 Å². The topological polar surface area (TPSA) is 43.6 Å². The summed E-state index contributed by atoms with van der Waals surface area (Å²) in [6.45, 7) is 0. The van der Waals surface area contributed by atoms with Gasteiger partial charge in [-0.25, -0.2) is 19.0 Å². The van der Waals surface area contributed by atoms with Gasteiger partial charge in [0, 0.05) is 17.6 Å². The molecule has 7 heteroatoms. The van der Waals surface area contributed by atoms with Gasteiger partial charge in [0.1, 0.15) is 11.6 Å². The van der Waals surface area contributed by atoms with E-state index in [1.807, 2.05) is 10.9 Å². The average Bonchev–Trinajstić information content (AvgIpc) is 3.16. The molecule has 0 spiro atoms. The SMILES string of the molecule is CSCCc1nc(Cc2cscn2)n(-c2ccc(F)cc2)n1. The molecular weight excluding hydrogens is 319 g/mol. The number of hydrogen-bond acceptors (Lipinski definition) is 5. The van der Waals surface area contributed by atoms with Gasteiger partial charge in [-0.3, -0.25) is 0 Å². The fourth-order valence-corrected chi connectivity index (χ4v) is 3.03. The van der Waals surface area contributed by atoms with E-state index in [4.69, 9.17) is 0 Å². The second-order valence-electron chi connectivity index (χ2n) is 4.73. The maximum Gasteiger partial charge on any atom is 0.152 e. The van der Waals surface area contributed by atoms with Crippen LogP contribution in [-0.2, 0) is 12.8 Å². The molecule has 0 atom stereocenters. The monoisotopic (exact) mass is 334 g/mol. The molecule has 0 saturated heterocycles. The van der Waals surface area contributed by atoms with Crippen molar-refractivity contribution in [1.82, 2.24) is 19.7 Å². The van der Waals surface area contributed by atoms with Crippen molar-refractivity contribution in [3.05, 3.63) is 58.3 Å². The number of hydrogen-bond donors (Lipinski definition) is 0. The van der Waals surface area contributed by atoms with Gasteiger partial charge in [-0.05, 0) is 30.5 Å². The van der Waals surface area contributed by atoms with Gasteiger partial charge >= 0.3 is 0 Å². The molecule has 0 fully saturated rings. The Morgan fingerprint density at radius 3 is 2.77 bits per heavy atom. The van der Waals surface area contributed by atoms with Gasteiger partial charge in [-0.2, -0.15) is 16.9 Å². The van der Waals surface area contributed by atoms with Crippen LogP contribution in [0.15, 0.2) is 35.2 Å². The van der Waals surface area contributed by atoms with Crippen molar-refractivity contribution in [3.8, 4) is 5.69 Å². The predicted molar refractivity (Wildman–Crippen MR) is 88.3 cm³/mol. The lowest BCUT2D eigenvalue weighted by atomic mass is 10.3. The Balaban J connectivity index is 1.94. The lowest BCUT2D eigenvalue weighted by Gasteiger charge is -2.04. The Kier molecular flexibility index (Phi) is 4.84. The molecule has 0 aliphatic rings. The predicted octanol–water partition coefficient (Wildman–Crippen LogP) is 3.36. The van der Waals surface area contributed by atoms with Crippen LogP contribution in [0.3, 0.4) is 0 Å². The van der Waals surface area contributed by atoms with E-state index in [0.29, 0.717) is 6.42 Å². The first-order valence-electron chi connectivity index (χ1n) is 6.83. The van der Waals surface area contributed by atoms with E-state index in [9.17, 15) is 4.39 Å². The van der Waals surface area contributed by atoms with Crippen molar-refractivity contribution in [3.63, 3.8) is 0 Å². The highest BCUT2D eigenvalue weighted by Crippen LogP contribution is 2.15. The summed E-state index contributed by atoms with van der Waals surface area (Å²) >= 11 is 3.33. The molecule has 3 aromatic rings. The van der Waals surface area contributed by atoms with E-state index in [2.05, 4.69) is 21.3 Å². The van der Waals surface area contributed by atoms with E-state index in [1.54, 1.807) is 39.9 Å². The average molecular weight is 334 g/mol. The number of thiazole rings is 1. The first kappa shape index (κ1) is 15.2. The molecule has 0 bridgehead atoms. The number of nitrogens with zero attached hydrogens (tertiary/aromatic N) is 4. The van der Waals surface area contributed by atoms with Crippen LogP contribution in [0.2, 0.25) is 0 Å². The van der Waals surface area contributed by atoms with E-state index in [0.717, 1.165) is 35.2 Å². The minimum Gasteiger partial charge on any atom is -0.249 e. The lowest BCUT2D eigenvalue weighted by Crippen LogP contribution is -2.04. The minimum atomic E-state index is -0.257. The summed E-state index contributed by atoms with van der Waals surface area (Å²) < 4.78 is 14.9. The van der Waals surface area contributed by atoms with Crippen molar-refractivity contribution in [2.24, 2.45) is 0 Å². The largest absolute Gasteiger partial charge is 0.249 e. The van der Waals surface area contributed by atoms with Crippen molar-refractivity contribution in [1.29, 1.82) is 0 Å². The molecule has 4 nitrogen and oxygen atoms in total. The normalized spacial score (nSPS) is 11.0. The summed E-state index contributed by atoms with van der Waals surface area (Å²) in [5.41, 5.74) is 3.59. The molecule has 22 heavy (non-hydrogen) atoms. The summed E-state index contributed by atoms with van der Waals surface area (Å²) in [5.74, 6) is 2.36. The van der Waals surface area contributed by atoms with E-state index < -0.39 is 0 Å². The van der Waals surface area contributed by atoms with Gasteiger partial charge < -0.3 is 0 Å². The van der Waals surface area contributed by atoms with Gasteiger partial charge in [-0.15, -0.1) is 11.3 Å². The highest BCUT2D eigenvalue weighted by atomic mass is 32.2. The maximum atomic E-state index is 13.1. The lowest BCUT2D eigenvalue weighted by molar-refractivity contribution is 0.626. The standard InChI is InChI=1S/C15H15FN4S2/c1-21-7-6-14-18-15(8-12-9-22-10-17-12)20(19-14)13-4-2-11(16)3-5-13/h2-5,9-10H,6-8H2,1H3. The number of thioether (sulfide) groups is 1.